The molecule has 0 saturated heterocycles. The molecule has 0 saturated carbocycles. The summed E-state index contributed by atoms with van der Waals surface area (Å²) in [6.45, 7) is 14.7. The van der Waals surface area contributed by atoms with Crippen LogP contribution in [0.25, 0.3) is 0 Å². The van der Waals surface area contributed by atoms with Crippen molar-refractivity contribution in [3.8, 4) is 0 Å². The van der Waals surface area contributed by atoms with Crippen molar-refractivity contribution >= 4 is 0 Å². The van der Waals surface area contributed by atoms with Gasteiger partial charge in [-0.2, -0.15) is 0 Å². The Balaban J connectivity index is 4.67. The predicted molar refractivity (Wildman–Crippen MR) is 54.2 cm³/mol. The first-order chi connectivity index (χ1) is 5.25. The van der Waals surface area contributed by atoms with E-state index in [1.165, 1.54) is 0 Å². The highest BCUT2D eigenvalue weighted by atomic mass is 16.5. The maximum atomic E-state index is 5.50. The van der Waals surface area contributed by atoms with Crippen LogP contribution in [0.5, 0.6) is 0 Å². The van der Waals surface area contributed by atoms with Gasteiger partial charge in [0.15, 0.2) is 0 Å². The molecule has 0 aromatic carbocycles. The molecule has 0 aliphatic heterocycles. The monoisotopic (exact) mass is 170 g/mol. The zero-order valence-corrected chi connectivity index (χ0v) is 9.27. The fourth-order valence-electron chi connectivity index (χ4n) is 1.88. The van der Waals surface area contributed by atoms with Gasteiger partial charge in [0, 0.05) is 12.5 Å². The second-order valence-electron chi connectivity index (χ2n) is 5.01. The van der Waals surface area contributed by atoms with Crippen LogP contribution >= 0.6 is 0 Å². The van der Waals surface area contributed by atoms with Gasteiger partial charge >= 0.3 is 0 Å². The Kier molecular flexibility index (Phi) is 3.52. The fourth-order valence-corrected chi connectivity index (χ4v) is 1.88. The largest absolute Gasteiger partial charge is 0.380 e. The van der Waals surface area contributed by atoms with E-state index in [-0.39, 0.29) is 16.9 Å². The summed E-state index contributed by atoms with van der Waals surface area (Å²) in [5.41, 5.74) is 0.194. The number of ether oxygens (including phenoxy) is 1. The van der Waals surface area contributed by atoms with Crippen LogP contribution in [0.4, 0.5) is 0 Å². The SMILES string of the molecule is C=CC(C)(C)[C@H](OC)C(C)(C)C. The minimum Gasteiger partial charge on any atom is -0.380 e. The molecule has 1 nitrogen and oxygen atoms in total. The van der Waals surface area contributed by atoms with Crippen LogP contribution in [0.2, 0.25) is 0 Å². The van der Waals surface area contributed by atoms with Crippen LogP contribution in [-0.2, 0) is 4.74 Å². The third-order valence-electron chi connectivity index (χ3n) is 2.22. The summed E-state index contributed by atoms with van der Waals surface area (Å²) in [6.07, 6.45) is 2.18. The average molecular weight is 170 g/mol. The van der Waals surface area contributed by atoms with E-state index >= 15 is 0 Å². The Morgan fingerprint density at radius 2 is 1.58 bits per heavy atom. The van der Waals surface area contributed by atoms with Gasteiger partial charge in [-0.3, -0.25) is 0 Å². The maximum absolute atomic E-state index is 5.50. The van der Waals surface area contributed by atoms with Crippen molar-refractivity contribution in [2.24, 2.45) is 10.8 Å². The van der Waals surface area contributed by atoms with Crippen LogP contribution < -0.4 is 0 Å². The summed E-state index contributed by atoms with van der Waals surface area (Å²) in [5, 5.41) is 0. The van der Waals surface area contributed by atoms with Gasteiger partial charge in [-0.25, -0.2) is 0 Å². The lowest BCUT2D eigenvalue weighted by Crippen LogP contribution is -2.40. The Bertz CT molecular complexity index is 151. The van der Waals surface area contributed by atoms with Crippen molar-refractivity contribution in [3.05, 3.63) is 12.7 Å². The molecule has 1 atom stereocenters. The summed E-state index contributed by atoms with van der Waals surface area (Å²) in [5.74, 6) is 0. The number of hydrogen-bond acceptors (Lipinski definition) is 1. The zero-order chi connectivity index (χ0) is 9.99. The molecular formula is C11H22O. The number of methoxy groups -OCH3 is 1. The second-order valence-corrected chi connectivity index (χ2v) is 5.01. The Hall–Kier alpha value is -0.300. The van der Waals surface area contributed by atoms with Gasteiger partial charge in [0.1, 0.15) is 0 Å². The van der Waals surface area contributed by atoms with E-state index in [0.717, 1.165) is 0 Å². The normalized spacial score (nSPS) is 15.8. The molecule has 0 N–H and O–H groups in total. The van der Waals surface area contributed by atoms with Crippen LogP contribution in [-0.4, -0.2) is 13.2 Å². The molecule has 0 unspecified atom stereocenters. The topological polar surface area (TPSA) is 9.23 Å². The van der Waals surface area contributed by atoms with E-state index in [0.29, 0.717) is 0 Å². The van der Waals surface area contributed by atoms with Crippen LogP contribution in [0.1, 0.15) is 34.6 Å². The second kappa shape index (κ2) is 3.61. The van der Waals surface area contributed by atoms with Crippen molar-refractivity contribution in [1.29, 1.82) is 0 Å². The van der Waals surface area contributed by atoms with Crippen molar-refractivity contribution in [2.75, 3.05) is 7.11 Å². The lowest BCUT2D eigenvalue weighted by atomic mass is 9.73. The smallest absolute Gasteiger partial charge is 0.0704 e. The molecule has 0 fully saturated rings. The molecule has 0 rings (SSSR count). The molecular weight excluding hydrogens is 148 g/mol. The summed E-state index contributed by atoms with van der Waals surface area (Å²) >= 11 is 0. The molecule has 0 radical (unpaired) electrons. The third-order valence-corrected chi connectivity index (χ3v) is 2.22. The number of rotatable bonds is 3. The van der Waals surface area contributed by atoms with Gasteiger partial charge in [0.2, 0.25) is 0 Å². The molecule has 0 heterocycles. The van der Waals surface area contributed by atoms with Crippen LogP contribution in [0.3, 0.4) is 0 Å². The molecule has 72 valence electrons. The highest BCUT2D eigenvalue weighted by Crippen LogP contribution is 2.36. The standard InChI is InChI=1S/C11H22O/c1-8-11(5,6)9(12-7)10(2,3)4/h8-9H,1H2,2-7H3/t9-/m1/s1. The van der Waals surface area contributed by atoms with Crippen LogP contribution in [0, 0.1) is 10.8 Å². The van der Waals surface area contributed by atoms with Crippen molar-refractivity contribution in [3.63, 3.8) is 0 Å². The maximum Gasteiger partial charge on any atom is 0.0704 e. The van der Waals surface area contributed by atoms with Gasteiger partial charge in [-0.1, -0.05) is 40.7 Å². The minimum absolute atomic E-state index is 0.0347. The Morgan fingerprint density at radius 1 is 1.17 bits per heavy atom. The lowest BCUT2D eigenvalue weighted by Gasteiger charge is -2.39. The van der Waals surface area contributed by atoms with Crippen molar-refractivity contribution < 1.29 is 4.74 Å². The van der Waals surface area contributed by atoms with Gasteiger partial charge < -0.3 is 4.74 Å². The predicted octanol–water partition coefficient (Wildman–Crippen LogP) is 3.26. The molecule has 1 heteroatoms. The van der Waals surface area contributed by atoms with E-state index < -0.39 is 0 Å². The molecule has 0 aliphatic rings. The van der Waals surface area contributed by atoms with Gasteiger partial charge in [-0.05, 0) is 5.41 Å². The van der Waals surface area contributed by atoms with Crippen LogP contribution in [0.15, 0.2) is 12.7 Å². The van der Waals surface area contributed by atoms with Gasteiger partial charge in [0.25, 0.3) is 0 Å². The first kappa shape index (κ1) is 11.7. The van der Waals surface area contributed by atoms with E-state index in [2.05, 4.69) is 41.2 Å². The molecule has 12 heavy (non-hydrogen) atoms. The Morgan fingerprint density at radius 3 is 1.67 bits per heavy atom. The fraction of sp³-hybridized carbons (Fsp3) is 0.818. The van der Waals surface area contributed by atoms with E-state index in [4.69, 9.17) is 4.74 Å². The molecule has 0 aromatic rings. The average Bonchev–Trinajstić information content (AvgIpc) is 1.85. The third kappa shape index (κ3) is 2.63. The summed E-state index contributed by atoms with van der Waals surface area (Å²) < 4.78 is 5.50. The lowest BCUT2D eigenvalue weighted by molar-refractivity contribution is -0.0442. The zero-order valence-electron chi connectivity index (χ0n) is 9.27. The number of hydrogen-bond donors (Lipinski definition) is 0. The summed E-state index contributed by atoms with van der Waals surface area (Å²) in [7, 11) is 1.77. The first-order valence-electron chi connectivity index (χ1n) is 4.42. The van der Waals surface area contributed by atoms with E-state index in [1.54, 1.807) is 7.11 Å². The molecule has 0 aromatic heterocycles. The van der Waals surface area contributed by atoms with Crippen molar-refractivity contribution in [2.45, 2.75) is 40.7 Å². The van der Waals surface area contributed by atoms with E-state index in [9.17, 15) is 0 Å². The highest BCUT2D eigenvalue weighted by molar-refractivity contribution is 4.98. The molecule has 0 amide bonds. The molecule has 0 aliphatic carbocycles. The van der Waals surface area contributed by atoms with Crippen molar-refractivity contribution in [1.82, 2.24) is 0 Å². The van der Waals surface area contributed by atoms with Gasteiger partial charge in [-0.15, -0.1) is 6.58 Å². The quantitative estimate of drug-likeness (QED) is 0.591. The molecule has 0 bridgehead atoms. The summed E-state index contributed by atoms with van der Waals surface area (Å²) in [4.78, 5) is 0. The first-order valence-corrected chi connectivity index (χ1v) is 4.42. The minimum atomic E-state index is 0.0347. The highest BCUT2D eigenvalue weighted by Gasteiger charge is 2.35. The Labute approximate surface area is 76.8 Å². The molecule has 0 spiro atoms. The van der Waals surface area contributed by atoms with Gasteiger partial charge in [0.05, 0.1) is 6.10 Å². The summed E-state index contributed by atoms with van der Waals surface area (Å²) in [6, 6.07) is 0. The van der Waals surface area contributed by atoms with E-state index in [1.807, 2.05) is 6.08 Å².